The van der Waals surface area contributed by atoms with Crippen LogP contribution in [0.4, 0.5) is 5.69 Å². The van der Waals surface area contributed by atoms with E-state index < -0.39 is 23.8 Å². The van der Waals surface area contributed by atoms with Gasteiger partial charge in [-0.25, -0.2) is 4.90 Å². The van der Waals surface area contributed by atoms with E-state index in [1.54, 1.807) is 41.8 Å². The number of ether oxygens (including phenoxy) is 1. The van der Waals surface area contributed by atoms with Gasteiger partial charge in [-0.05, 0) is 47.3 Å². The number of hydrogen-bond donors (Lipinski definition) is 0. The van der Waals surface area contributed by atoms with E-state index in [4.69, 9.17) is 16.3 Å². The molecule has 2 aromatic carbocycles. The van der Waals surface area contributed by atoms with Gasteiger partial charge in [0.15, 0.2) is 0 Å². The minimum atomic E-state index is -0.975. The van der Waals surface area contributed by atoms with Gasteiger partial charge in [0.25, 0.3) is 11.8 Å². The van der Waals surface area contributed by atoms with E-state index in [-0.39, 0.29) is 18.9 Å². The van der Waals surface area contributed by atoms with Crippen LogP contribution in [0.5, 0.6) is 5.75 Å². The zero-order valence-electron chi connectivity index (χ0n) is 17.6. The van der Waals surface area contributed by atoms with Crippen LogP contribution in [-0.4, -0.2) is 34.6 Å². The molecule has 0 spiro atoms. The SMILES string of the molecule is CC(=O)Oc1ccc(N2C(=O)CC(N(Cc3ccccc3Cl)C(=O)c3cccs3)C2=O)cc1. The lowest BCUT2D eigenvalue weighted by Crippen LogP contribution is -2.45. The summed E-state index contributed by atoms with van der Waals surface area (Å²) in [4.78, 5) is 53.6. The molecule has 168 valence electrons. The van der Waals surface area contributed by atoms with E-state index in [1.165, 1.54) is 47.4 Å². The quantitative estimate of drug-likeness (QED) is 0.297. The van der Waals surface area contributed by atoms with Gasteiger partial charge in [-0.3, -0.25) is 19.2 Å². The number of benzene rings is 2. The number of hydrogen-bond acceptors (Lipinski definition) is 6. The van der Waals surface area contributed by atoms with Crippen molar-refractivity contribution in [3.05, 3.63) is 81.5 Å². The highest BCUT2D eigenvalue weighted by Gasteiger charge is 2.44. The fraction of sp³-hybridized carbons (Fsp3) is 0.167. The number of carbonyl (C=O) groups excluding carboxylic acids is 4. The van der Waals surface area contributed by atoms with E-state index in [2.05, 4.69) is 0 Å². The molecule has 1 fully saturated rings. The number of rotatable bonds is 6. The van der Waals surface area contributed by atoms with Crippen molar-refractivity contribution in [3.63, 3.8) is 0 Å². The van der Waals surface area contributed by atoms with Gasteiger partial charge in [-0.1, -0.05) is 35.9 Å². The third-order valence-corrected chi connectivity index (χ3v) is 6.37. The van der Waals surface area contributed by atoms with E-state index in [9.17, 15) is 19.2 Å². The number of esters is 1. The molecule has 0 saturated carbocycles. The van der Waals surface area contributed by atoms with Gasteiger partial charge < -0.3 is 9.64 Å². The van der Waals surface area contributed by atoms with Gasteiger partial charge >= 0.3 is 5.97 Å². The number of anilines is 1. The Bertz CT molecular complexity index is 1210. The van der Waals surface area contributed by atoms with Crippen LogP contribution in [0.1, 0.15) is 28.6 Å². The number of nitrogens with zero attached hydrogens (tertiary/aromatic N) is 2. The molecule has 4 rings (SSSR count). The van der Waals surface area contributed by atoms with Crippen molar-refractivity contribution in [1.29, 1.82) is 0 Å². The zero-order chi connectivity index (χ0) is 23.5. The predicted octanol–water partition coefficient (Wildman–Crippen LogP) is 4.30. The first-order valence-corrected chi connectivity index (χ1v) is 11.3. The number of halogens is 1. The molecule has 9 heteroatoms. The van der Waals surface area contributed by atoms with E-state index in [0.717, 1.165) is 4.90 Å². The number of carbonyl (C=O) groups is 4. The lowest BCUT2D eigenvalue weighted by molar-refractivity contribution is -0.132. The molecule has 0 N–H and O–H groups in total. The molecule has 1 atom stereocenters. The minimum absolute atomic E-state index is 0.0827. The Balaban J connectivity index is 1.64. The van der Waals surface area contributed by atoms with Crippen LogP contribution < -0.4 is 9.64 Å². The van der Waals surface area contributed by atoms with Crippen LogP contribution in [0.3, 0.4) is 0 Å². The summed E-state index contributed by atoms with van der Waals surface area (Å²) in [5.74, 6) is -1.44. The van der Waals surface area contributed by atoms with E-state index >= 15 is 0 Å². The van der Waals surface area contributed by atoms with Crippen molar-refractivity contribution in [1.82, 2.24) is 4.90 Å². The maximum Gasteiger partial charge on any atom is 0.308 e. The topological polar surface area (TPSA) is 84.0 Å². The van der Waals surface area contributed by atoms with Crippen LogP contribution in [0.2, 0.25) is 5.02 Å². The molecule has 3 aromatic rings. The normalized spacial score (nSPS) is 15.6. The molecule has 0 radical (unpaired) electrons. The van der Waals surface area contributed by atoms with Crippen LogP contribution in [0, 0.1) is 0 Å². The Labute approximate surface area is 199 Å². The average Bonchev–Trinajstić information content (AvgIpc) is 3.42. The van der Waals surface area contributed by atoms with E-state index in [1.807, 2.05) is 0 Å². The number of imide groups is 1. The first kappa shape index (κ1) is 22.7. The third-order valence-electron chi connectivity index (χ3n) is 5.15. The summed E-state index contributed by atoms with van der Waals surface area (Å²) in [6, 6.07) is 15.6. The molecule has 3 amide bonds. The molecule has 1 aliphatic rings. The minimum Gasteiger partial charge on any atom is -0.427 e. The van der Waals surface area contributed by atoms with Crippen molar-refractivity contribution in [2.75, 3.05) is 4.90 Å². The van der Waals surface area contributed by atoms with Crippen molar-refractivity contribution in [2.45, 2.75) is 25.9 Å². The Morgan fingerprint density at radius 2 is 1.82 bits per heavy atom. The van der Waals surface area contributed by atoms with Gasteiger partial charge in [0, 0.05) is 18.5 Å². The molecule has 7 nitrogen and oxygen atoms in total. The van der Waals surface area contributed by atoms with E-state index in [0.29, 0.717) is 26.9 Å². The smallest absolute Gasteiger partial charge is 0.308 e. The standard InChI is InChI=1S/C24H19ClN2O5S/c1-15(28)32-18-10-8-17(9-11-18)27-22(29)13-20(23(27)30)26(24(31)21-7-4-12-33-21)14-16-5-2-3-6-19(16)25/h2-12,20H,13-14H2,1H3. The fourth-order valence-corrected chi connectivity index (χ4v) is 4.51. The highest BCUT2D eigenvalue weighted by Crippen LogP contribution is 2.30. The Hall–Kier alpha value is -3.49. The highest BCUT2D eigenvalue weighted by molar-refractivity contribution is 7.12. The lowest BCUT2D eigenvalue weighted by Gasteiger charge is -2.27. The summed E-state index contributed by atoms with van der Waals surface area (Å²) in [7, 11) is 0. The second-order valence-corrected chi connectivity index (χ2v) is 8.73. The maximum atomic E-state index is 13.4. The number of thiophene rings is 1. The monoisotopic (exact) mass is 482 g/mol. The van der Waals surface area contributed by atoms with Crippen molar-refractivity contribution in [2.24, 2.45) is 0 Å². The van der Waals surface area contributed by atoms with Crippen LogP contribution in [-0.2, 0) is 20.9 Å². The first-order chi connectivity index (χ1) is 15.8. The molecule has 0 bridgehead atoms. The zero-order valence-corrected chi connectivity index (χ0v) is 19.1. The second-order valence-electron chi connectivity index (χ2n) is 7.38. The Morgan fingerprint density at radius 3 is 2.45 bits per heavy atom. The van der Waals surface area contributed by atoms with Crippen LogP contribution >= 0.6 is 22.9 Å². The Morgan fingerprint density at radius 1 is 1.09 bits per heavy atom. The molecular formula is C24H19ClN2O5S. The summed E-state index contributed by atoms with van der Waals surface area (Å²) >= 11 is 7.57. The maximum absolute atomic E-state index is 13.4. The van der Waals surface area contributed by atoms with Crippen LogP contribution in [0.15, 0.2) is 66.0 Å². The molecule has 1 aromatic heterocycles. The van der Waals surface area contributed by atoms with Gasteiger partial charge in [0.05, 0.1) is 17.0 Å². The molecular weight excluding hydrogens is 464 g/mol. The predicted molar refractivity (Wildman–Crippen MR) is 124 cm³/mol. The lowest BCUT2D eigenvalue weighted by atomic mass is 10.1. The van der Waals surface area contributed by atoms with Gasteiger partial charge in [0.2, 0.25) is 5.91 Å². The molecule has 33 heavy (non-hydrogen) atoms. The summed E-state index contributed by atoms with van der Waals surface area (Å²) in [5, 5.41) is 2.25. The summed E-state index contributed by atoms with van der Waals surface area (Å²) in [6.45, 7) is 1.36. The second kappa shape index (κ2) is 9.56. The summed E-state index contributed by atoms with van der Waals surface area (Å²) in [5.41, 5.74) is 1.01. The van der Waals surface area contributed by atoms with Crippen molar-refractivity contribution >= 4 is 52.3 Å². The molecule has 0 aliphatic carbocycles. The molecule has 2 heterocycles. The van der Waals surface area contributed by atoms with Crippen molar-refractivity contribution in [3.8, 4) is 5.75 Å². The van der Waals surface area contributed by atoms with Crippen molar-refractivity contribution < 1.29 is 23.9 Å². The Kier molecular flexibility index (Phi) is 6.57. The van der Waals surface area contributed by atoms with Gasteiger partial charge in [-0.2, -0.15) is 0 Å². The molecule has 1 saturated heterocycles. The highest BCUT2D eigenvalue weighted by atomic mass is 35.5. The molecule has 1 aliphatic heterocycles. The van der Waals surface area contributed by atoms with Gasteiger partial charge in [0.1, 0.15) is 11.8 Å². The fourth-order valence-electron chi connectivity index (χ4n) is 3.64. The third kappa shape index (κ3) is 4.81. The van der Waals surface area contributed by atoms with Crippen LogP contribution in [0.25, 0.3) is 0 Å². The largest absolute Gasteiger partial charge is 0.427 e. The summed E-state index contributed by atoms with van der Waals surface area (Å²) < 4.78 is 5.00. The summed E-state index contributed by atoms with van der Waals surface area (Å²) in [6.07, 6.45) is -0.147. The molecule has 1 unspecified atom stereocenters. The van der Waals surface area contributed by atoms with Gasteiger partial charge in [-0.15, -0.1) is 11.3 Å². The first-order valence-electron chi connectivity index (χ1n) is 10.1. The average molecular weight is 483 g/mol. The number of amides is 3.